The zero-order valence-electron chi connectivity index (χ0n) is 13.6. The number of nitrogens with one attached hydrogen (secondary N) is 1. The summed E-state index contributed by atoms with van der Waals surface area (Å²) in [6, 6.07) is 7.32. The van der Waals surface area contributed by atoms with Crippen molar-refractivity contribution in [1.82, 2.24) is 15.1 Å². The average Bonchev–Trinajstić information content (AvgIpc) is 2.92. The Labute approximate surface area is 135 Å². The molecule has 1 aromatic carbocycles. The first-order chi connectivity index (χ1) is 10.9. The van der Waals surface area contributed by atoms with Crippen LogP contribution in [-0.2, 0) is 0 Å². The van der Waals surface area contributed by atoms with E-state index in [0.29, 0.717) is 17.8 Å². The number of aliphatic hydroxyl groups excluding tert-OH is 1. The van der Waals surface area contributed by atoms with Gasteiger partial charge >= 0.3 is 0 Å². The molecule has 0 saturated heterocycles. The van der Waals surface area contributed by atoms with Gasteiger partial charge in [0.2, 0.25) is 0 Å². The van der Waals surface area contributed by atoms with Gasteiger partial charge < -0.3 is 10.0 Å². The SMILES string of the molecule is Cc1cc(C(=O)N(CC(C)C)CC(O)c2ccc(F)cc2)n[nH]1. The highest BCUT2D eigenvalue weighted by Gasteiger charge is 2.22. The third-order valence-corrected chi connectivity index (χ3v) is 3.45. The number of aliphatic hydroxyl groups is 1. The van der Waals surface area contributed by atoms with Crippen molar-refractivity contribution in [3.8, 4) is 0 Å². The van der Waals surface area contributed by atoms with Crippen LogP contribution in [0.3, 0.4) is 0 Å². The zero-order chi connectivity index (χ0) is 17.0. The molecule has 0 aliphatic rings. The van der Waals surface area contributed by atoms with E-state index in [1.807, 2.05) is 20.8 Å². The van der Waals surface area contributed by atoms with Crippen LogP contribution >= 0.6 is 0 Å². The highest BCUT2D eigenvalue weighted by Crippen LogP contribution is 2.17. The maximum absolute atomic E-state index is 13.0. The number of benzene rings is 1. The summed E-state index contributed by atoms with van der Waals surface area (Å²) in [5.74, 6) is -0.341. The number of nitrogens with zero attached hydrogens (tertiary/aromatic N) is 2. The minimum Gasteiger partial charge on any atom is -0.387 e. The van der Waals surface area contributed by atoms with Crippen LogP contribution < -0.4 is 0 Å². The van der Waals surface area contributed by atoms with Gasteiger partial charge in [0.25, 0.3) is 5.91 Å². The van der Waals surface area contributed by atoms with E-state index in [1.165, 1.54) is 24.3 Å². The topological polar surface area (TPSA) is 69.2 Å². The number of halogens is 1. The molecule has 0 radical (unpaired) electrons. The van der Waals surface area contributed by atoms with Crippen molar-refractivity contribution in [2.75, 3.05) is 13.1 Å². The lowest BCUT2D eigenvalue weighted by Crippen LogP contribution is -2.37. The molecule has 2 N–H and O–H groups in total. The summed E-state index contributed by atoms with van der Waals surface area (Å²) in [7, 11) is 0. The summed E-state index contributed by atoms with van der Waals surface area (Å²) in [4.78, 5) is 14.2. The monoisotopic (exact) mass is 319 g/mol. The maximum Gasteiger partial charge on any atom is 0.274 e. The van der Waals surface area contributed by atoms with Crippen molar-refractivity contribution in [3.63, 3.8) is 0 Å². The molecule has 1 unspecified atom stereocenters. The molecule has 0 saturated carbocycles. The van der Waals surface area contributed by atoms with E-state index >= 15 is 0 Å². The number of amides is 1. The fourth-order valence-electron chi connectivity index (χ4n) is 2.37. The molecule has 0 aliphatic heterocycles. The van der Waals surface area contributed by atoms with Gasteiger partial charge in [-0.1, -0.05) is 26.0 Å². The largest absolute Gasteiger partial charge is 0.387 e. The van der Waals surface area contributed by atoms with Gasteiger partial charge in [-0.25, -0.2) is 4.39 Å². The summed E-state index contributed by atoms with van der Waals surface area (Å²) < 4.78 is 13.0. The van der Waals surface area contributed by atoms with Gasteiger partial charge in [-0.3, -0.25) is 9.89 Å². The molecule has 2 rings (SSSR count). The van der Waals surface area contributed by atoms with Crippen molar-refractivity contribution in [2.24, 2.45) is 5.92 Å². The van der Waals surface area contributed by atoms with Gasteiger partial charge in [0.15, 0.2) is 0 Å². The van der Waals surface area contributed by atoms with E-state index in [2.05, 4.69) is 10.2 Å². The third-order valence-electron chi connectivity index (χ3n) is 3.45. The van der Waals surface area contributed by atoms with Crippen molar-refractivity contribution in [2.45, 2.75) is 26.9 Å². The molecule has 1 amide bonds. The zero-order valence-corrected chi connectivity index (χ0v) is 13.6. The quantitative estimate of drug-likeness (QED) is 0.860. The Hall–Kier alpha value is -2.21. The minimum absolute atomic E-state index is 0.133. The number of aromatic amines is 1. The number of carbonyl (C=O) groups is 1. The van der Waals surface area contributed by atoms with Crippen molar-refractivity contribution < 1.29 is 14.3 Å². The molecule has 124 valence electrons. The Balaban J connectivity index is 2.14. The Morgan fingerprint density at radius 2 is 1.96 bits per heavy atom. The first kappa shape index (κ1) is 17.1. The van der Waals surface area contributed by atoms with E-state index in [-0.39, 0.29) is 24.2 Å². The second-order valence-electron chi connectivity index (χ2n) is 6.11. The molecule has 0 aliphatic carbocycles. The molecule has 2 aromatic rings. The molecule has 0 spiro atoms. The smallest absolute Gasteiger partial charge is 0.274 e. The molecule has 5 nitrogen and oxygen atoms in total. The van der Waals surface area contributed by atoms with Gasteiger partial charge in [-0.2, -0.15) is 5.10 Å². The fraction of sp³-hybridized carbons (Fsp3) is 0.412. The van der Waals surface area contributed by atoms with E-state index in [0.717, 1.165) is 5.69 Å². The predicted octanol–water partition coefficient (Wildman–Crippen LogP) is 2.69. The summed E-state index contributed by atoms with van der Waals surface area (Å²) in [6.07, 6.45) is -0.877. The first-order valence-corrected chi connectivity index (χ1v) is 7.61. The van der Waals surface area contributed by atoms with Crippen LogP contribution in [0.2, 0.25) is 0 Å². The van der Waals surface area contributed by atoms with Gasteiger partial charge in [-0.05, 0) is 36.6 Å². The minimum atomic E-state index is -0.877. The predicted molar refractivity (Wildman–Crippen MR) is 85.4 cm³/mol. The van der Waals surface area contributed by atoms with Gasteiger partial charge in [0.1, 0.15) is 11.5 Å². The lowest BCUT2D eigenvalue weighted by molar-refractivity contribution is 0.0589. The van der Waals surface area contributed by atoms with Crippen molar-refractivity contribution >= 4 is 5.91 Å². The summed E-state index contributed by atoms with van der Waals surface area (Å²) in [5, 5.41) is 17.1. The normalized spacial score (nSPS) is 12.4. The maximum atomic E-state index is 13.0. The molecule has 0 fully saturated rings. The van der Waals surface area contributed by atoms with E-state index in [9.17, 15) is 14.3 Å². The number of hydrogen-bond acceptors (Lipinski definition) is 3. The lowest BCUT2D eigenvalue weighted by Gasteiger charge is -2.26. The number of carbonyl (C=O) groups excluding carboxylic acids is 1. The van der Waals surface area contributed by atoms with E-state index < -0.39 is 6.10 Å². The summed E-state index contributed by atoms with van der Waals surface area (Å²) >= 11 is 0. The van der Waals surface area contributed by atoms with Gasteiger partial charge in [-0.15, -0.1) is 0 Å². The number of H-pyrrole nitrogens is 1. The number of hydrogen-bond donors (Lipinski definition) is 2. The molecule has 0 bridgehead atoms. The van der Waals surface area contributed by atoms with E-state index in [1.54, 1.807) is 11.0 Å². The highest BCUT2D eigenvalue weighted by atomic mass is 19.1. The fourth-order valence-corrected chi connectivity index (χ4v) is 2.37. The van der Waals surface area contributed by atoms with Crippen molar-refractivity contribution in [1.29, 1.82) is 0 Å². The Morgan fingerprint density at radius 3 is 2.48 bits per heavy atom. The van der Waals surface area contributed by atoms with Gasteiger partial charge in [0.05, 0.1) is 12.6 Å². The standard InChI is InChI=1S/C17H22FN3O2/c1-11(2)9-21(17(23)15-8-12(3)19-20-15)10-16(22)13-4-6-14(18)7-5-13/h4-8,11,16,22H,9-10H2,1-3H3,(H,19,20). The molecule has 1 heterocycles. The molecule has 1 atom stereocenters. The summed E-state index contributed by atoms with van der Waals surface area (Å²) in [5.41, 5.74) is 1.71. The second kappa shape index (κ2) is 7.37. The lowest BCUT2D eigenvalue weighted by atomic mass is 10.1. The van der Waals surface area contributed by atoms with Gasteiger partial charge in [0, 0.05) is 12.2 Å². The second-order valence-corrected chi connectivity index (χ2v) is 6.11. The molecular weight excluding hydrogens is 297 g/mol. The van der Waals surface area contributed by atoms with Crippen LogP contribution in [0.25, 0.3) is 0 Å². The van der Waals surface area contributed by atoms with Crippen molar-refractivity contribution in [3.05, 3.63) is 53.1 Å². The molecule has 6 heteroatoms. The van der Waals surface area contributed by atoms with Crippen LogP contribution in [0, 0.1) is 18.7 Å². The number of rotatable bonds is 6. The first-order valence-electron chi connectivity index (χ1n) is 7.61. The number of aromatic nitrogens is 2. The van der Waals surface area contributed by atoms with Crippen LogP contribution in [0.5, 0.6) is 0 Å². The number of aryl methyl sites for hydroxylation is 1. The molecule has 1 aromatic heterocycles. The highest BCUT2D eigenvalue weighted by molar-refractivity contribution is 5.92. The van der Waals surface area contributed by atoms with Crippen LogP contribution in [-0.4, -0.2) is 39.2 Å². The molecular formula is C17H22FN3O2. The Kier molecular flexibility index (Phi) is 5.50. The van der Waals surface area contributed by atoms with Crippen LogP contribution in [0.4, 0.5) is 4.39 Å². The Morgan fingerprint density at radius 1 is 1.30 bits per heavy atom. The average molecular weight is 319 g/mol. The van der Waals surface area contributed by atoms with Crippen LogP contribution in [0.1, 0.15) is 41.7 Å². The summed E-state index contributed by atoms with van der Waals surface area (Å²) in [6.45, 7) is 6.46. The molecule has 23 heavy (non-hydrogen) atoms. The van der Waals surface area contributed by atoms with Crippen LogP contribution in [0.15, 0.2) is 30.3 Å². The van der Waals surface area contributed by atoms with E-state index in [4.69, 9.17) is 0 Å². The Bertz CT molecular complexity index is 652. The third kappa shape index (κ3) is 4.63.